The van der Waals surface area contributed by atoms with E-state index in [2.05, 4.69) is 4.98 Å². The van der Waals surface area contributed by atoms with Gasteiger partial charge in [0.15, 0.2) is 0 Å². The van der Waals surface area contributed by atoms with Crippen LogP contribution in [0.2, 0.25) is 0 Å². The first-order chi connectivity index (χ1) is 12.7. The van der Waals surface area contributed by atoms with Gasteiger partial charge in [0.1, 0.15) is 11.3 Å². The molecule has 3 fully saturated rings. The normalized spacial score (nSPS) is 25.0. The van der Waals surface area contributed by atoms with Crippen LogP contribution < -0.4 is 0 Å². The highest BCUT2D eigenvalue weighted by Crippen LogP contribution is 2.42. The summed E-state index contributed by atoms with van der Waals surface area (Å²) < 4.78 is 12.0. The largest absolute Gasteiger partial charge is 0.381 e. The number of aryl methyl sites for hydroxylation is 1. The van der Waals surface area contributed by atoms with Crippen molar-refractivity contribution in [3.63, 3.8) is 0 Å². The zero-order valence-electron chi connectivity index (χ0n) is 15.8. The van der Waals surface area contributed by atoms with E-state index in [1.165, 1.54) is 25.7 Å². The zero-order valence-corrected chi connectivity index (χ0v) is 15.8. The molecule has 2 aliphatic heterocycles. The molecule has 0 radical (unpaired) electrons. The van der Waals surface area contributed by atoms with Gasteiger partial charge in [0.25, 0.3) is 5.91 Å². The molecular formula is C21H30N2O3. The minimum Gasteiger partial charge on any atom is -0.381 e. The van der Waals surface area contributed by atoms with E-state index in [1.54, 1.807) is 6.07 Å². The highest BCUT2D eigenvalue weighted by molar-refractivity contribution is 5.93. The first-order valence-electron chi connectivity index (χ1n) is 10.1. The summed E-state index contributed by atoms with van der Waals surface area (Å²) in [4.78, 5) is 18.8. The van der Waals surface area contributed by atoms with Gasteiger partial charge in [-0.15, -0.1) is 0 Å². The molecule has 1 aliphatic carbocycles. The summed E-state index contributed by atoms with van der Waals surface area (Å²) in [7, 11) is 0. The van der Waals surface area contributed by atoms with Crippen molar-refractivity contribution in [2.45, 2.75) is 51.0 Å². The van der Waals surface area contributed by atoms with Crippen molar-refractivity contribution in [1.82, 2.24) is 9.88 Å². The maximum atomic E-state index is 12.6. The fourth-order valence-corrected chi connectivity index (χ4v) is 4.76. The number of pyridine rings is 1. The lowest BCUT2D eigenvalue weighted by molar-refractivity contribution is -0.120. The molecule has 2 saturated heterocycles. The average molecular weight is 358 g/mol. The summed E-state index contributed by atoms with van der Waals surface area (Å²) in [5.41, 5.74) is 1.27. The van der Waals surface area contributed by atoms with Crippen LogP contribution in [0.4, 0.5) is 0 Å². The highest BCUT2D eigenvalue weighted by Gasteiger charge is 2.54. The van der Waals surface area contributed by atoms with Gasteiger partial charge in [0.05, 0.1) is 13.1 Å². The number of nitrogens with zero attached hydrogens (tertiary/aromatic N) is 2. The lowest BCUT2D eigenvalue weighted by atomic mass is 9.79. The monoisotopic (exact) mass is 358 g/mol. The summed E-state index contributed by atoms with van der Waals surface area (Å²) in [5, 5.41) is 0. The van der Waals surface area contributed by atoms with Crippen molar-refractivity contribution in [2.75, 3.05) is 32.9 Å². The Balaban J connectivity index is 1.25. The Morgan fingerprint density at radius 3 is 2.88 bits per heavy atom. The molecule has 1 amide bonds. The van der Waals surface area contributed by atoms with Crippen molar-refractivity contribution in [2.24, 2.45) is 11.8 Å². The van der Waals surface area contributed by atoms with Gasteiger partial charge in [0.2, 0.25) is 0 Å². The predicted molar refractivity (Wildman–Crippen MR) is 99.1 cm³/mol. The van der Waals surface area contributed by atoms with Crippen molar-refractivity contribution in [3.05, 3.63) is 29.6 Å². The Morgan fingerprint density at radius 1 is 1.31 bits per heavy atom. The Labute approximate surface area is 156 Å². The molecule has 1 atom stereocenters. The lowest BCUT2D eigenvalue weighted by Crippen LogP contribution is -2.66. The van der Waals surface area contributed by atoms with E-state index < -0.39 is 0 Å². The average Bonchev–Trinajstić information content (AvgIpc) is 3.26. The van der Waals surface area contributed by atoms with E-state index in [9.17, 15) is 4.79 Å². The number of rotatable bonds is 6. The van der Waals surface area contributed by atoms with Gasteiger partial charge in [-0.3, -0.25) is 4.79 Å². The molecule has 0 aromatic carbocycles. The Bertz CT molecular complexity index is 636. The number of carbonyl (C=O) groups is 1. The Kier molecular flexibility index (Phi) is 5.28. The van der Waals surface area contributed by atoms with Gasteiger partial charge in [-0.2, -0.15) is 0 Å². The number of amides is 1. The summed E-state index contributed by atoms with van der Waals surface area (Å²) in [6.07, 6.45) is 7.52. The van der Waals surface area contributed by atoms with Gasteiger partial charge in [-0.25, -0.2) is 4.98 Å². The number of hydrogen-bond acceptors (Lipinski definition) is 4. The van der Waals surface area contributed by atoms with Gasteiger partial charge in [-0.1, -0.05) is 18.9 Å². The molecule has 0 bridgehead atoms. The summed E-state index contributed by atoms with van der Waals surface area (Å²) in [6, 6.07) is 5.60. The number of ether oxygens (including phenoxy) is 2. The SMILES string of the molecule is Cc1cccc(C(=O)N2CC3(C2)OCCC3CCOCC2CCCC2)n1. The van der Waals surface area contributed by atoms with Gasteiger partial charge in [0, 0.05) is 25.5 Å². The molecular weight excluding hydrogens is 328 g/mol. The standard InChI is InChI=1S/C21H30N2O3/c1-16-5-4-8-19(22-16)20(24)23-14-21(15-23)18(10-12-26-21)9-11-25-13-17-6-2-3-7-17/h4-5,8,17-18H,2-3,6-7,9-15H2,1H3. The van der Waals surface area contributed by atoms with E-state index in [4.69, 9.17) is 9.47 Å². The number of aromatic nitrogens is 1. The highest BCUT2D eigenvalue weighted by atomic mass is 16.5. The van der Waals surface area contributed by atoms with E-state index in [-0.39, 0.29) is 11.5 Å². The third kappa shape index (κ3) is 3.65. The minimum absolute atomic E-state index is 0.0195. The Hall–Kier alpha value is -1.46. The number of hydrogen-bond donors (Lipinski definition) is 0. The Morgan fingerprint density at radius 2 is 2.12 bits per heavy atom. The van der Waals surface area contributed by atoms with Crippen LogP contribution >= 0.6 is 0 Å². The van der Waals surface area contributed by atoms with Gasteiger partial charge in [-0.05, 0) is 56.6 Å². The van der Waals surface area contributed by atoms with E-state index in [1.807, 2.05) is 24.0 Å². The van der Waals surface area contributed by atoms with Crippen molar-refractivity contribution >= 4 is 5.91 Å². The van der Waals surface area contributed by atoms with Crippen LogP contribution in [-0.4, -0.2) is 54.3 Å². The third-order valence-corrected chi connectivity index (χ3v) is 6.35. The molecule has 3 aliphatic rings. The second-order valence-electron chi connectivity index (χ2n) is 8.24. The van der Waals surface area contributed by atoms with Crippen LogP contribution in [0.15, 0.2) is 18.2 Å². The number of carbonyl (C=O) groups excluding carboxylic acids is 1. The second-order valence-corrected chi connectivity index (χ2v) is 8.24. The molecule has 1 saturated carbocycles. The fourth-order valence-electron chi connectivity index (χ4n) is 4.76. The molecule has 1 unspecified atom stereocenters. The van der Waals surface area contributed by atoms with Crippen LogP contribution in [-0.2, 0) is 9.47 Å². The van der Waals surface area contributed by atoms with Crippen molar-refractivity contribution in [1.29, 1.82) is 0 Å². The number of likely N-dealkylation sites (tertiary alicyclic amines) is 1. The first kappa shape index (κ1) is 17.9. The molecule has 142 valence electrons. The minimum atomic E-state index is -0.143. The molecule has 5 heteroatoms. The van der Waals surface area contributed by atoms with Crippen LogP contribution in [0, 0.1) is 18.8 Å². The summed E-state index contributed by atoms with van der Waals surface area (Å²) in [5.74, 6) is 1.30. The van der Waals surface area contributed by atoms with E-state index in [0.29, 0.717) is 24.7 Å². The maximum Gasteiger partial charge on any atom is 0.272 e. The van der Waals surface area contributed by atoms with Crippen LogP contribution in [0.5, 0.6) is 0 Å². The molecule has 1 aromatic heterocycles. The summed E-state index contributed by atoms with van der Waals surface area (Å²) >= 11 is 0. The first-order valence-corrected chi connectivity index (χ1v) is 10.1. The predicted octanol–water partition coefficient (Wildman–Crippen LogP) is 3.22. The molecule has 1 aromatic rings. The fraction of sp³-hybridized carbons (Fsp3) is 0.714. The smallest absolute Gasteiger partial charge is 0.272 e. The maximum absolute atomic E-state index is 12.6. The molecule has 1 spiro atoms. The van der Waals surface area contributed by atoms with E-state index in [0.717, 1.165) is 44.3 Å². The van der Waals surface area contributed by atoms with Crippen molar-refractivity contribution in [3.8, 4) is 0 Å². The zero-order chi connectivity index (χ0) is 18.0. The quantitative estimate of drug-likeness (QED) is 0.733. The van der Waals surface area contributed by atoms with E-state index >= 15 is 0 Å². The lowest BCUT2D eigenvalue weighted by Gasteiger charge is -2.50. The summed E-state index contributed by atoms with van der Waals surface area (Å²) in [6.45, 7) is 5.83. The molecule has 0 N–H and O–H groups in total. The van der Waals surface area contributed by atoms with Crippen molar-refractivity contribution < 1.29 is 14.3 Å². The topological polar surface area (TPSA) is 51.7 Å². The van der Waals surface area contributed by atoms with Crippen LogP contribution in [0.1, 0.15) is 54.7 Å². The molecule has 3 heterocycles. The van der Waals surface area contributed by atoms with Crippen LogP contribution in [0.25, 0.3) is 0 Å². The molecule has 5 nitrogen and oxygen atoms in total. The van der Waals surface area contributed by atoms with Gasteiger partial charge >= 0.3 is 0 Å². The molecule has 4 rings (SSSR count). The molecule has 26 heavy (non-hydrogen) atoms. The van der Waals surface area contributed by atoms with Gasteiger partial charge < -0.3 is 14.4 Å². The third-order valence-electron chi connectivity index (χ3n) is 6.35. The second kappa shape index (κ2) is 7.65. The van der Waals surface area contributed by atoms with Crippen LogP contribution in [0.3, 0.4) is 0 Å².